The van der Waals surface area contributed by atoms with Crippen LogP contribution in [0.5, 0.6) is 0 Å². The first-order chi connectivity index (χ1) is 9.19. The fourth-order valence-corrected chi connectivity index (χ4v) is 2.79. The second kappa shape index (κ2) is 4.51. The third kappa shape index (κ3) is 2.02. The normalized spacial score (nSPS) is 10.8. The molecule has 1 amide bonds. The summed E-state index contributed by atoms with van der Waals surface area (Å²) in [7, 11) is 1.63. The van der Waals surface area contributed by atoms with E-state index in [-0.39, 0.29) is 5.91 Å². The van der Waals surface area contributed by atoms with Crippen LogP contribution in [0.15, 0.2) is 35.8 Å². The van der Waals surface area contributed by atoms with Gasteiger partial charge in [-0.15, -0.1) is 11.3 Å². The van der Waals surface area contributed by atoms with E-state index in [0.717, 1.165) is 16.2 Å². The second-order valence-electron chi connectivity index (χ2n) is 4.34. The molecule has 0 radical (unpaired) electrons. The molecule has 3 aromatic rings. The number of nitrogens with zero attached hydrogens (tertiary/aromatic N) is 2. The Bertz CT molecular complexity index is 740. The van der Waals surface area contributed by atoms with Gasteiger partial charge in [-0.1, -0.05) is 29.8 Å². The van der Waals surface area contributed by atoms with E-state index in [9.17, 15) is 4.79 Å². The van der Waals surface area contributed by atoms with Crippen LogP contribution in [0, 0.1) is 6.92 Å². The first-order valence-electron chi connectivity index (χ1n) is 5.95. The minimum atomic E-state index is -0.0980. The Balaban J connectivity index is 2.09. The molecule has 0 aliphatic rings. The highest BCUT2D eigenvalue weighted by Crippen LogP contribution is 2.23. The van der Waals surface area contributed by atoms with Crippen LogP contribution in [0.1, 0.15) is 16.1 Å². The number of aryl methyl sites for hydroxylation is 1. The summed E-state index contributed by atoms with van der Waals surface area (Å²) in [6, 6.07) is 8.20. The highest BCUT2D eigenvalue weighted by atomic mass is 32.1. The highest BCUT2D eigenvalue weighted by molar-refractivity contribution is 7.15. The number of thiazole rings is 1. The Morgan fingerprint density at radius 2 is 2.05 bits per heavy atom. The van der Waals surface area contributed by atoms with Crippen LogP contribution in [-0.4, -0.2) is 22.3 Å². The average molecular weight is 271 g/mol. The van der Waals surface area contributed by atoms with Crippen molar-refractivity contribution in [3.8, 4) is 11.3 Å². The van der Waals surface area contributed by atoms with Gasteiger partial charge in [0.2, 0.25) is 0 Å². The summed E-state index contributed by atoms with van der Waals surface area (Å²) in [5.41, 5.74) is 3.78. The molecule has 19 heavy (non-hydrogen) atoms. The van der Waals surface area contributed by atoms with Crippen molar-refractivity contribution >= 4 is 22.2 Å². The van der Waals surface area contributed by atoms with E-state index in [2.05, 4.69) is 29.4 Å². The molecule has 0 atom stereocenters. The number of amides is 1. The minimum absolute atomic E-state index is 0.0980. The molecule has 2 aromatic heterocycles. The predicted octanol–water partition coefficient (Wildman–Crippen LogP) is 2.73. The van der Waals surface area contributed by atoms with Crippen LogP contribution >= 0.6 is 11.3 Å². The number of aromatic nitrogens is 2. The molecule has 0 bridgehead atoms. The van der Waals surface area contributed by atoms with Crippen molar-refractivity contribution in [2.24, 2.45) is 0 Å². The lowest BCUT2D eigenvalue weighted by Crippen LogP contribution is -2.19. The van der Waals surface area contributed by atoms with Crippen molar-refractivity contribution in [3.63, 3.8) is 0 Å². The number of rotatable bonds is 2. The average Bonchev–Trinajstić information content (AvgIpc) is 2.98. The molecule has 0 fully saturated rings. The van der Waals surface area contributed by atoms with E-state index in [1.807, 2.05) is 28.1 Å². The monoisotopic (exact) mass is 271 g/mol. The van der Waals surface area contributed by atoms with Crippen molar-refractivity contribution in [2.75, 3.05) is 7.05 Å². The van der Waals surface area contributed by atoms with Gasteiger partial charge in [0, 0.05) is 24.2 Å². The molecule has 0 saturated carbocycles. The van der Waals surface area contributed by atoms with Crippen LogP contribution in [-0.2, 0) is 0 Å². The lowest BCUT2D eigenvalue weighted by Gasteiger charge is -1.97. The van der Waals surface area contributed by atoms with Gasteiger partial charge in [0.05, 0.1) is 5.69 Å². The van der Waals surface area contributed by atoms with Crippen molar-refractivity contribution in [2.45, 2.75) is 6.92 Å². The summed E-state index contributed by atoms with van der Waals surface area (Å²) >= 11 is 1.47. The first kappa shape index (κ1) is 11.9. The van der Waals surface area contributed by atoms with Crippen molar-refractivity contribution in [1.29, 1.82) is 0 Å². The largest absolute Gasteiger partial charge is 0.354 e. The molecule has 4 nitrogen and oxygen atoms in total. The van der Waals surface area contributed by atoms with Crippen molar-refractivity contribution in [1.82, 2.24) is 14.7 Å². The fourth-order valence-electron chi connectivity index (χ4n) is 1.94. The van der Waals surface area contributed by atoms with Gasteiger partial charge in [0.25, 0.3) is 5.91 Å². The molecule has 0 aliphatic carbocycles. The van der Waals surface area contributed by atoms with E-state index in [1.54, 1.807) is 7.05 Å². The number of imidazole rings is 1. The van der Waals surface area contributed by atoms with Crippen LogP contribution in [0.2, 0.25) is 0 Å². The standard InChI is InChI=1S/C14H13N3OS/c1-9-3-5-10(6-4-9)11-7-17-12(13(18)15-2)8-19-14(17)16-11/h3-8H,1-2H3,(H,15,18). The molecule has 0 spiro atoms. The zero-order chi connectivity index (χ0) is 13.4. The molecule has 1 aromatic carbocycles. The van der Waals surface area contributed by atoms with Gasteiger partial charge in [-0.25, -0.2) is 4.98 Å². The maximum atomic E-state index is 11.7. The molecule has 0 aliphatic heterocycles. The minimum Gasteiger partial charge on any atom is -0.354 e. The Morgan fingerprint density at radius 3 is 2.74 bits per heavy atom. The molecule has 96 valence electrons. The summed E-state index contributed by atoms with van der Waals surface area (Å²) in [6.45, 7) is 2.05. The van der Waals surface area contributed by atoms with E-state index >= 15 is 0 Å². The SMILES string of the molecule is CNC(=O)c1csc2nc(-c3ccc(C)cc3)cn12. The zero-order valence-corrected chi connectivity index (χ0v) is 11.5. The number of nitrogens with one attached hydrogen (secondary N) is 1. The number of carbonyl (C=O) groups excluding carboxylic acids is 1. The zero-order valence-electron chi connectivity index (χ0n) is 10.7. The Kier molecular flexibility index (Phi) is 2.83. The maximum absolute atomic E-state index is 11.7. The number of hydrogen-bond acceptors (Lipinski definition) is 3. The van der Waals surface area contributed by atoms with Crippen LogP contribution in [0.25, 0.3) is 16.2 Å². The number of carbonyl (C=O) groups is 1. The van der Waals surface area contributed by atoms with Crippen molar-refractivity contribution < 1.29 is 4.79 Å². The number of hydrogen-bond donors (Lipinski definition) is 1. The highest BCUT2D eigenvalue weighted by Gasteiger charge is 2.13. The van der Waals surface area contributed by atoms with Crippen molar-refractivity contribution in [3.05, 3.63) is 47.1 Å². The maximum Gasteiger partial charge on any atom is 0.268 e. The van der Waals surface area contributed by atoms with E-state index in [4.69, 9.17) is 0 Å². The number of benzene rings is 1. The van der Waals surface area contributed by atoms with Gasteiger partial charge in [-0.05, 0) is 6.92 Å². The quantitative estimate of drug-likeness (QED) is 0.779. The van der Waals surface area contributed by atoms with Crippen LogP contribution in [0.4, 0.5) is 0 Å². The fraction of sp³-hybridized carbons (Fsp3) is 0.143. The summed E-state index contributed by atoms with van der Waals surface area (Å²) in [5, 5.41) is 4.45. The Hall–Kier alpha value is -2.14. The summed E-state index contributed by atoms with van der Waals surface area (Å²) < 4.78 is 1.83. The third-order valence-corrected chi connectivity index (χ3v) is 3.86. The van der Waals surface area contributed by atoms with Gasteiger partial charge in [0.1, 0.15) is 5.69 Å². The van der Waals surface area contributed by atoms with Crippen LogP contribution in [0.3, 0.4) is 0 Å². The van der Waals surface area contributed by atoms with Gasteiger partial charge < -0.3 is 5.32 Å². The summed E-state index contributed by atoms with van der Waals surface area (Å²) in [4.78, 5) is 17.1. The third-order valence-electron chi connectivity index (χ3n) is 3.02. The molecule has 0 saturated heterocycles. The van der Waals surface area contributed by atoms with Crippen LogP contribution < -0.4 is 5.32 Å². The molecule has 0 unspecified atom stereocenters. The number of fused-ring (bicyclic) bond motifs is 1. The topological polar surface area (TPSA) is 46.4 Å². The van der Waals surface area contributed by atoms with Gasteiger partial charge in [-0.3, -0.25) is 9.20 Å². The smallest absolute Gasteiger partial charge is 0.268 e. The molecule has 2 heterocycles. The van der Waals surface area contributed by atoms with Gasteiger partial charge in [0.15, 0.2) is 4.96 Å². The van der Waals surface area contributed by atoms with Gasteiger partial charge >= 0.3 is 0 Å². The molecule has 3 rings (SSSR count). The summed E-state index contributed by atoms with van der Waals surface area (Å²) in [5.74, 6) is -0.0980. The summed E-state index contributed by atoms with van der Waals surface area (Å²) in [6.07, 6.45) is 1.90. The van der Waals surface area contributed by atoms with Gasteiger partial charge in [-0.2, -0.15) is 0 Å². The lowest BCUT2D eigenvalue weighted by atomic mass is 10.1. The van der Waals surface area contributed by atoms with E-state index in [1.165, 1.54) is 16.9 Å². The Morgan fingerprint density at radius 1 is 1.32 bits per heavy atom. The predicted molar refractivity (Wildman–Crippen MR) is 76.6 cm³/mol. The van der Waals surface area contributed by atoms with E-state index in [0.29, 0.717) is 5.69 Å². The molecule has 1 N–H and O–H groups in total. The Labute approximate surface area is 114 Å². The lowest BCUT2D eigenvalue weighted by molar-refractivity contribution is 0.0957. The molecular formula is C14H13N3OS. The first-order valence-corrected chi connectivity index (χ1v) is 6.82. The molecular weight excluding hydrogens is 258 g/mol. The second-order valence-corrected chi connectivity index (χ2v) is 5.18. The molecule has 5 heteroatoms. The van der Waals surface area contributed by atoms with E-state index < -0.39 is 0 Å².